The van der Waals surface area contributed by atoms with Gasteiger partial charge in [-0.1, -0.05) is 51.1 Å². The van der Waals surface area contributed by atoms with Crippen molar-refractivity contribution < 1.29 is 14.6 Å². The molecule has 0 heterocycles. The van der Waals surface area contributed by atoms with Gasteiger partial charge in [0, 0.05) is 5.39 Å². The maximum atomic E-state index is 12.4. The second-order valence-electron chi connectivity index (χ2n) is 6.29. The summed E-state index contributed by atoms with van der Waals surface area (Å²) in [4.78, 5) is 12.4. The van der Waals surface area contributed by atoms with E-state index in [0.717, 1.165) is 22.8 Å². The van der Waals surface area contributed by atoms with Gasteiger partial charge in [0.2, 0.25) is 0 Å². The molecule has 1 atom stereocenters. The van der Waals surface area contributed by atoms with E-state index < -0.39 is 5.41 Å². The molecule has 2 aromatic carbocycles. The third-order valence-electron chi connectivity index (χ3n) is 4.82. The van der Waals surface area contributed by atoms with Gasteiger partial charge in [0.1, 0.15) is 12.4 Å². The number of phenolic OH excluding ortho intramolecular Hbond substituents is 1. The number of hydrogen-bond acceptors (Lipinski definition) is 3. The van der Waals surface area contributed by atoms with Gasteiger partial charge in [-0.2, -0.15) is 0 Å². The molecule has 0 fully saturated rings. The van der Waals surface area contributed by atoms with Crippen molar-refractivity contribution in [2.24, 2.45) is 11.3 Å². The van der Waals surface area contributed by atoms with Gasteiger partial charge in [0.05, 0.1) is 5.41 Å². The molecule has 22 heavy (non-hydrogen) atoms. The van der Waals surface area contributed by atoms with Gasteiger partial charge in [-0.3, -0.25) is 4.79 Å². The van der Waals surface area contributed by atoms with Gasteiger partial charge in [-0.15, -0.1) is 0 Å². The summed E-state index contributed by atoms with van der Waals surface area (Å²) in [5.41, 5.74) is 0.441. The lowest BCUT2D eigenvalue weighted by Crippen LogP contribution is -2.34. The zero-order valence-electron chi connectivity index (χ0n) is 13.7. The highest BCUT2D eigenvalue weighted by atomic mass is 16.5. The maximum Gasteiger partial charge on any atom is 0.312 e. The molecule has 0 amide bonds. The Morgan fingerprint density at radius 1 is 1.18 bits per heavy atom. The highest BCUT2D eigenvalue weighted by Gasteiger charge is 2.36. The van der Waals surface area contributed by atoms with E-state index >= 15 is 0 Å². The Bertz CT molecular complexity index is 675. The molecule has 0 saturated heterocycles. The molecule has 2 rings (SSSR count). The monoisotopic (exact) mass is 300 g/mol. The van der Waals surface area contributed by atoms with E-state index in [1.165, 1.54) is 0 Å². The van der Waals surface area contributed by atoms with Crippen molar-refractivity contribution in [3.63, 3.8) is 0 Å². The first kappa shape index (κ1) is 16.3. The summed E-state index contributed by atoms with van der Waals surface area (Å²) >= 11 is 0. The van der Waals surface area contributed by atoms with Gasteiger partial charge >= 0.3 is 5.97 Å². The SMILES string of the molecule is CCC(C)(C(=O)OCc1cccc2c(O)cccc12)C(C)C. The molecule has 3 nitrogen and oxygen atoms in total. The van der Waals surface area contributed by atoms with E-state index in [-0.39, 0.29) is 24.2 Å². The smallest absolute Gasteiger partial charge is 0.312 e. The summed E-state index contributed by atoms with van der Waals surface area (Å²) in [5, 5.41) is 11.6. The van der Waals surface area contributed by atoms with Crippen LogP contribution in [0.3, 0.4) is 0 Å². The molecule has 0 saturated carbocycles. The molecule has 0 aliphatic carbocycles. The molecule has 0 spiro atoms. The molecular formula is C19H24O3. The Hall–Kier alpha value is -2.03. The summed E-state index contributed by atoms with van der Waals surface area (Å²) in [6.45, 7) is 8.27. The zero-order valence-corrected chi connectivity index (χ0v) is 13.7. The topological polar surface area (TPSA) is 46.5 Å². The van der Waals surface area contributed by atoms with Crippen LogP contribution in [0.1, 0.15) is 39.7 Å². The molecule has 0 aliphatic heterocycles. The molecule has 0 aliphatic rings. The predicted octanol–water partition coefficient (Wildman–Crippen LogP) is 4.66. The normalized spacial score (nSPS) is 14.0. The number of rotatable bonds is 5. The molecule has 1 unspecified atom stereocenters. The zero-order chi connectivity index (χ0) is 16.3. The Balaban J connectivity index is 2.22. The number of carbonyl (C=O) groups excluding carboxylic acids is 1. The van der Waals surface area contributed by atoms with E-state index in [2.05, 4.69) is 0 Å². The second kappa shape index (κ2) is 6.39. The van der Waals surface area contributed by atoms with Gasteiger partial charge in [0.15, 0.2) is 0 Å². The van der Waals surface area contributed by atoms with E-state index in [0.29, 0.717) is 0 Å². The molecule has 118 valence electrons. The molecule has 0 aromatic heterocycles. The van der Waals surface area contributed by atoms with E-state index in [9.17, 15) is 9.90 Å². The lowest BCUT2D eigenvalue weighted by atomic mass is 9.77. The fraction of sp³-hybridized carbons (Fsp3) is 0.421. The van der Waals surface area contributed by atoms with Gasteiger partial charge in [-0.05, 0) is 36.3 Å². The Morgan fingerprint density at radius 2 is 1.82 bits per heavy atom. The lowest BCUT2D eigenvalue weighted by molar-refractivity contribution is -0.159. The van der Waals surface area contributed by atoms with Crippen molar-refractivity contribution in [1.82, 2.24) is 0 Å². The Labute approximate surface area is 131 Å². The largest absolute Gasteiger partial charge is 0.507 e. The Kier molecular flexibility index (Phi) is 4.74. The fourth-order valence-corrected chi connectivity index (χ4v) is 2.58. The van der Waals surface area contributed by atoms with Crippen LogP contribution in [0.4, 0.5) is 0 Å². The van der Waals surface area contributed by atoms with E-state index in [1.54, 1.807) is 12.1 Å². The van der Waals surface area contributed by atoms with E-state index in [4.69, 9.17) is 4.74 Å². The highest BCUT2D eigenvalue weighted by Crippen LogP contribution is 2.33. The third-order valence-corrected chi connectivity index (χ3v) is 4.82. The Morgan fingerprint density at radius 3 is 2.45 bits per heavy atom. The quantitative estimate of drug-likeness (QED) is 0.817. The minimum atomic E-state index is -0.466. The third kappa shape index (κ3) is 2.94. The van der Waals surface area contributed by atoms with Crippen LogP contribution in [0.15, 0.2) is 36.4 Å². The van der Waals surface area contributed by atoms with Crippen LogP contribution in [0.2, 0.25) is 0 Å². The van der Waals surface area contributed by atoms with Crippen molar-refractivity contribution in [3.8, 4) is 5.75 Å². The van der Waals surface area contributed by atoms with Crippen LogP contribution in [0.25, 0.3) is 10.8 Å². The fourth-order valence-electron chi connectivity index (χ4n) is 2.58. The number of esters is 1. The number of fused-ring (bicyclic) bond motifs is 1. The average molecular weight is 300 g/mol. The van der Waals surface area contributed by atoms with Crippen LogP contribution >= 0.6 is 0 Å². The molecule has 1 N–H and O–H groups in total. The summed E-state index contributed by atoms with van der Waals surface area (Å²) < 4.78 is 5.57. The first-order chi connectivity index (χ1) is 10.4. The number of hydrogen-bond donors (Lipinski definition) is 1. The van der Waals surface area contributed by atoms with Crippen LogP contribution in [0, 0.1) is 11.3 Å². The number of carbonyl (C=O) groups is 1. The maximum absolute atomic E-state index is 12.4. The molecule has 2 aromatic rings. The van der Waals surface area contributed by atoms with Crippen molar-refractivity contribution in [2.45, 2.75) is 40.7 Å². The number of phenols is 1. The lowest BCUT2D eigenvalue weighted by Gasteiger charge is -2.30. The van der Waals surface area contributed by atoms with Crippen molar-refractivity contribution in [3.05, 3.63) is 42.0 Å². The van der Waals surface area contributed by atoms with Crippen molar-refractivity contribution in [2.75, 3.05) is 0 Å². The first-order valence-corrected chi connectivity index (χ1v) is 7.77. The van der Waals surface area contributed by atoms with Gasteiger partial charge < -0.3 is 9.84 Å². The molecule has 3 heteroatoms. The molecule has 0 radical (unpaired) electrons. The summed E-state index contributed by atoms with van der Waals surface area (Å²) in [6.07, 6.45) is 0.750. The highest BCUT2D eigenvalue weighted by molar-refractivity contribution is 5.90. The minimum absolute atomic E-state index is 0.165. The number of aromatic hydroxyl groups is 1. The predicted molar refractivity (Wildman–Crippen MR) is 88.6 cm³/mol. The van der Waals surface area contributed by atoms with Crippen LogP contribution in [-0.2, 0) is 16.1 Å². The van der Waals surface area contributed by atoms with Crippen molar-refractivity contribution >= 4 is 16.7 Å². The number of benzene rings is 2. The van der Waals surface area contributed by atoms with Crippen LogP contribution in [0.5, 0.6) is 5.75 Å². The first-order valence-electron chi connectivity index (χ1n) is 7.77. The van der Waals surface area contributed by atoms with Crippen LogP contribution < -0.4 is 0 Å². The second-order valence-corrected chi connectivity index (χ2v) is 6.29. The minimum Gasteiger partial charge on any atom is -0.507 e. The molecular weight excluding hydrogens is 276 g/mol. The van der Waals surface area contributed by atoms with Gasteiger partial charge in [-0.25, -0.2) is 0 Å². The summed E-state index contributed by atoms with van der Waals surface area (Å²) in [5.74, 6) is 0.301. The molecule has 0 bridgehead atoms. The standard InChI is InChI=1S/C19H24O3/c1-5-19(4,13(2)3)18(21)22-12-14-8-6-10-16-15(14)9-7-11-17(16)20/h6-11,13,20H,5,12H2,1-4H3. The van der Waals surface area contributed by atoms with Gasteiger partial charge in [0.25, 0.3) is 0 Å². The average Bonchev–Trinajstić information content (AvgIpc) is 2.52. The van der Waals surface area contributed by atoms with E-state index in [1.807, 2.05) is 52.0 Å². The number of ether oxygens (including phenoxy) is 1. The van der Waals surface area contributed by atoms with Crippen LogP contribution in [-0.4, -0.2) is 11.1 Å². The summed E-state index contributed by atoms with van der Waals surface area (Å²) in [6, 6.07) is 11.0. The summed E-state index contributed by atoms with van der Waals surface area (Å²) in [7, 11) is 0. The van der Waals surface area contributed by atoms with Crippen molar-refractivity contribution in [1.29, 1.82) is 0 Å².